The number of carboxylic acid groups (broad SMARTS) is 1. The highest BCUT2D eigenvalue weighted by Gasteiger charge is 2.22. The molecular formula is C19H19NO3. The molecule has 0 spiro atoms. The SMILES string of the molecule is C[C@H](NC(=O)/C=C\C(=O)O)C(c1ccccc1)c1ccccc1. The number of aliphatic carboxylic acids is 1. The van der Waals surface area contributed by atoms with Gasteiger partial charge in [-0.1, -0.05) is 60.7 Å². The van der Waals surface area contributed by atoms with Gasteiger partial charge in [-0.25, -0.2) is 4.79 Å². The molecule has 0 aliphatic rings. The van der Waals surface area contributed by atoms with Crippen LogP contribution in [0, 0.1) is 0 Å². The fourth-order valence-electron chi connectivity index (χ4n) is 2.59. The Morgan fingerprint density at radius 3 is 1.83 bits per heavy atom. The van der Waals surface area contributed by atoms with Crippen LogP contribution in [0.4, 0.5) is 0 Å². The first-order valence-electron chi connectivity index (χ1n) is 7.39. The molecule has 118 valence electrons. The van der Waals surface area contributed by atoms with Crippen LogP contribution < -0.4 is 5.32 Å². The summed E-state index contributed by atoms with van der Waals surface area (Å²) in [7, 11) is 0. The van der Waals surface area contributed by atoms with E-state index >= 15 is 0 Å². The molecule has 0 bridgehead atoms. The molecule has 4 heteroatoms. The lowest BCUT2D eigenvalue weighted by atomic mass is 9.86. The van der Waals surface area contributed by atoms with E-state index in [0.29, 0.717) is 0 Å². The molecule has 0 aromatic heterocycles. The average molecular weight is 309 g/mol. The first-order chi connectivity index (χ1) is 11.1. The maximum absolute atomic E-state index is 11.9. The van der Waals surface area contributed by atoms with Gasteiger partial charge in [-0.05, 0) is 18.1 Å². The summed E-state index contributed by atoms with van der Waals surface area (Å²) in [5, 5.41) is 11.4. The van der Waals surface area contributed by atoms with E-state index in [4.69, 9.17) is 5.11 Å². The fourth-order valence-corrected chi connectivity index (χ4v) is 2.59. The first-order valence-corrected chi connectivity index (χ1v) is 7.39. The van der Waals surface area contributed by atoms with Crippen LogP contribution in [-0.2, 0) is 9.59 Å². The van der Waals surface area contributed by atoms with Gasteiger partial charge in [0.05, 0.1) is 0 Å². The molecule has 0 fully saturated rings. The molecule has 0 unspecified atom stereocenters. The number of benzene rings is 2. The van der Waals surface area contributed by atoms with Gasteiger partial charge in [-0.3, -0.25) is 4.79 Å². The summed E-state index contributed by atoms with van der Waals surface area (Å²) in [6.45, 7) is 1.91. The minimum Gasteiger partial charge on any atom is -0.478 e. The second-order valence-electron chi connectivity index (χ2n) is 5.27. The van der Waals surface area contributed by atoms with Crippen LogP contribution in [0.15, 0.2) is 72.8 Å². The van der Waals surface area contributed by atoms with Crippen LogP contribution in [0.5, 0.6) is 0 Å². The van der Waals surface area contributed by atoms with Crippen molar-refractivity contribution in [1.82, 2.24) is 5.32 Å². The normalized spacial score (nSPS) is 12.3. The van der Waals surface area contributed by atoms with Gasteiger partial charge >= 0.3 is 5.97 Å². The molecule has 0 heterocycles. The molecule has 2 aromatic carbocycles. The number of hydrogen-bond donors (Lipinski definition) is 2. The van der Waals surface area contributed by atoms with Crippen molar-refractivity contribution in [1.29, 1.82) is 0 Å². The summed E-state index contributed by atoms with van der Waals surface area (Å²) < 4.78 is 0. The molecule has 0 radical (unpaired) electrons. The summed E-state index contributed by atoms with van der Waals surface area (Å²) in [5.41, 5.74) is 2.18. The lowest BCUT2D eigenvalue weighted by Crippen LogP contribution is -2.36. The van der Waals surface area contributed by atoms with Gasteiger partial charge in [0.2, 0.25) is 5.91 Å². The highest BCUT2D eigenvalue weighted by molar-refractivity contribution is 5.94. The molecule has 4 nitrogen and oxygen atoms in total. The molecule has 0 aliphatic heterocycles. The van der Waals surface area contributed by atoms with Crippen molar-refractivity contribution in [3.63, 3.8) is 0 Å². The Morgan fingerprint density at radius 2 is 1.39 bits per heavy atom. The Hall–Kier alpha value is -2.88. The molecule has 2 N–H and O–H groups in total. The molecular weight excluding hydrogens is 290 g/mol. The van der Waals surface area contributed by atoms with Gasteiger partial charge in [-0.15, -0.1) is 0 Å². The Bertz CT molecular complexity index is 641. The third-order valence-corrected chi connectivity index (χ3v) is 3.56. The van der Waals surface area contributed by atoms with Gasteiger partial charge < -0.3 is 10.4 Å². The van der Waals surface area contributed by atoms with Crippen molar-refractivity contribution >= 4 is 11.9 Å². The molecule has 0 saturated carbocycles. The first kappa shape index (κ1) is 16.5. The number of rotatable bonds is 6. The molecule has 1 atom stereocenters. The minimum absolute atomic E-state index is 0.0143. The van der Waals surface area contributed by atoms with E-state index in [-0.39, 0.29) is 12.0 Å². The summed E-state index contributed by atoms with van der Waals surface area (Å²) in [5.74, 6) is -1.58. The topological polar surface area (TPSA) is 66.4 Å². The quantitative estimate of drug-likeness (QED) is 0.806. The van der Waals surface area contributed by atoms with Crippen molar-refractivity contribution in [2.24, 2.45) is 0 Å². The van der Waals surface area contributed by atoms with Crippen LogP contribution >= 0.6 is 0 Å². The van der Waals surface area contributed by atoms with Crippen LogP contribution in [0.1, 0.15) is 24.0 Å². The van der Waals surface area contributed by atoms with E-state index in [1.807, 2.05) is 67.6 Å². The van der Waals surface area contributed by atoms with Crippen LogP contribution in [0.3, 0.4) is 0 Å². The third kappa shape index (κ3) is 4.81. The smallest absolute Gasteiger partial charge is 0.328 e. The fraction of sp³-hybridized carbons (Fsp3) is 0.158. The van der Waals surface area contributed by atoms with Crippen molar-refractivity contribution in [3.05, 3.63) is 83.9 Å². The maximum Gasteiger partial charge on any atom is 0.328 e. The predicted octanol–water partition coefficient (Wildman–Crippen LogP) is 2.96. The van der Waals surface area contributed by atoms with Crippen molar-refractivity contribution in [2.45, 2.75) is 18.9 Å². The summed E-state index contributed by atoms with van der Waals surface area (Å²) >= 11 is 0. The monoisotopic (exact) mass is 309 g/mol. The molecule has 23 heavy (non-hydrogen) atoms. The highest BCUT2D eigenvalue weighted by Crippen LogP contribution is 2.27. The predicted molar refractivity (Wildman–Crippen MR) is 89.1 cm³/mol. The second-order valence-corrected chi connectivity index (χ2v) is 5.27. The van der Waals surface area contributed by atoms with Crippen LogP contribution in [-0.4, -0.2) is 23.0 Å². The number of carboxylic acids is 1. The third-order valence-electron chi connectivity index (χ3n) is 3.56. The van der Waals surface area contributed by atoms with Gasteiger partial charge in [-0.2, -0.15) is 0 Å². The largest absolute Gasteiger partial charge is 0.478 e. The minimum atomic E-state index is -1.14. The number of hydrogen-bond acceptors (Lipinski definition) is 2. The van der Waals surface area contributed by atoms with Gasteiger partial charge in [0, 0.05) is 24.1 Å². The molecule has 2 aromatic rings. The lowest BCUT2D eigenvalue weighted by molar-refractivity contribution is -0.131. The number of carbonyl (C=O) groups is 2. The van der Waals surface area contributed by atoms with E-state index in [1.54, 1.807) is 0 Å². The zero-order valence-corrected chi connectivity index (χ0v) is 12.8. The Morgan fingerprint density at radius 1 is 0.913 bits per heavy atom. The van der Waals surface area contributed by atoms with Gasteiger partial charge in [0.25, 0.3) is 0 Å². The zero-order valence-electron chi connectivity index (χ0n) is 12.8. The van der Waals surface area contributed by atoms with Crippen molar-refractivity contribution < 1.29 is 14.7 Å². The Kier molecular flexibility index (Phi) is 5.69. The molecule has 1 amide bonds. The number of nitrogens with one attached hydrogen (secondary N) is 1. The molecule has 0 aliphatic carbocycles. The lowest BCUT2D eigenvalue weighted by Gasteiger charge is -2.25. The van der Waals surface area contributed by atoms with Crippen molar-refractivity contribution in [2.75, 3.05) is 0 Å². The van der Waals surface area contributed by atoms with Gasteiger partial charge in [0.15, 0.2) is 0 Å². The molecule has 0 saturated heterocycles. The summed E-state index contributed by atoms with van der Waals surface area (Å²) in [6, 6.07) is 19.6. The van der Waals surface area contributed by atoms with E-state index in [9.17, 15) is 9.59 Å². The van der Waals surface area contributed by atoms with Crippen LogP contribution in [0.2, 0.25) is 0 Å². The zero-order chi connectivity index (χ0) is 16.7. The number of amides is 1. The van der Waals surface area contributed by atoms with E-state index in [2.05, 4.69) is 5.32 Å². The number of carbonyl (C=O) groups excluding carboxylic acids is 1. The maximum atomic E-state index is 11.9. The van der Waals surface area contributed by atoms with E-state index in [1.165, 1.54) is 0 Å². The average Bonchev–Trinajstić information content (AvgIpc) is 2.55. The Labute approximate surface area is 135 Å². The molecule has 2 rings (SSSR count). The summed E-state index contributed by atoms with van der Waals surface area (Å²) in [4.78, 5) is 22.4. The van der Waals surface area contributed by atoms with Gasteiger partial charge in [0.1, 0.15) is 0 Å². The van der Waals surface area contributed by atoms with E-state index in [0.717, 1.165) is 23.3 Å². The second kappa shape index (κ2) is 7.94. The Balaban J connectivity index is 2.24. The van der Waals surface area contributed by atoms with Crippen LogP contribution in [0.25, 0.3) is 0 Å². The highest BCUT2D eigenvalue weighted by atomic mass is 16.4. The standard InChI is InChI=1S/C19H19NO3/c1-14(20-17(21)12-13-18(22)23)19(15-8-4-2-5-9-15)16-10-6-3-7-11-16/h2-14,19H,1H3,(H,20,21)(H,22,23)/b13-12-/t14-/m0/s1. The van der Waals surface area contributed by atoms with Crippen molar-refractivity contribution in [3.8, 4) is 0 Å². The summed E-state index contributed by atoms with van der Waals surface area (Å²) in [6.07, 6.45) is 1.87. The van der Waals surface area contributed by atoms with E-state index < -0.39 is 11.9 Å².